The average molecular weight is 372 g/mol. The molecule has 0 spiro atoms. The van der Waals surface area contributed by atoms with Crippen LogP contribution in [0.4, 0.5) is 8.78 Å². The van der Waals surface area contributed by atoms with Gasteiger partial charge in [-0.15, -0.1) is 0 Å². The van der Waals surface area contributed by atoms with E-state index in [1.165, 1.54) is 56.2 Å². The summed E-state index contributed by atoms with van der Waals surface area (Å²) in [6.45, 7) is 4.47. The Bertz CT molecular complexity index is 708. The van der Waals surface area contributed by atoms with Gasteiger partial charge in [-0.1, -0.05) is 44.0 Å². The summed E-state index contributed by atoms with van der Waals surface area (Å²) < 4.78 is 33.7. The third-order valence-corrected chi connectivity index (χ3v) is 5.85. The SMILES string of the molecule is CCCC1CCC(c2ccc(-c3cc(F)c(COCC)c(F)c3)cc2)CC1. The highest BCUT2D eigenvalue weighted by Gasteiger charge is 2.22. The summed E-state index contributed by atoms with van der Waals surface area (Å²) in [7, 11) is 0. The van der Waals surface area contributed by atoms with E-state index in [4.69, 9.17) is 4.74 Å². The fraction of sp³-hybridized carbons (Fsp3) is 0.500. The monoisotopic (exact) mass is 372 g/mol. The lowest BCUT2D eigenvalue weighted by atomic mass is 9.77. The van der Waals surface area contributed by atoms with Crippen molar-refractivity contribution in [2.75, 3.05) is 6.61 Å². The molecule has 1 fully saturated rings. The van der Waals surface area contributed by atoms with Crippen molar-refractivity contribution in [3.63, 3.8) is 0 Å². The van der Waals surface area contributed by atoms with Gasteiger partial charge in [0.05, 0.1) is 6.61 Å². The predicted molar refractivity (Wildman–Crippen MR) is 107 cm³/mol. The molecule has 0 amide bonds. The van der Waals surface area contributed by atoms with E-state index in [1.807, 2.05) is 19.1 Å². The van der Waals surface area contributed by atoms with Gasteiger partial charge in [-0.05, 0) is 73.3 Å². The smallest absolute Gasteiger partial charge is 0.132 e. The summed E-state index contributed by atoms with van der Waals surface area (Å²) in [4.78, 5) is 0. The second-order valence-corrected chi connectivity index (χ2v) is 7.68. The van der Waals surface area contributed by atoms with Gasteiger partial charge in [-0.3, -0.25) is 0 Å². The Morgan fingerprint density at radius 2 is 1.52 bits per heavy atom. The van der Waals surface area contributed by atoms with Gasteiger partial charge in [0.25, 0.3) is 0 Å². The minimum absolute atomic E-state index is 0.000981. The normalized spacial score (nSPS) is 20.0. The molecule has 3 rings (SSSR count). The molecule has 0 saturated heterocycles. The molecule has 0 unspecified atom stereocenters. The van der Waals surface area contributed by atoms with Crippen molar-refractivity contribution in [3.8, 4) is 11.1 Å². The molecular formula is C24H30F2O. The van der Waals surface area contributed by atoms with Crippen LogP contribution in [0.25, 0.3) is 11.1 Å². The van der Waals surface area contributed by atoms with E-state index in [-0.39, 0.29) is 12.2 Å². The van der Waals surface area contributed by atoms with Crippen LogP contribution in [0.3, 0.4) is 0 Å². The first-order valence-corrected chi connectivity index (χ1v) is 10.3. The van der Waals surface area contributed by atoms with Crippen LogP contribution in [0, 0.1) is 17.6 Å². The number of benzene rings is 2. The van der Waals surface area contributed by atoms with Crippen molar-refractivity contribution < 1.29 is 13.5 Å². The molecular weight excluding hydrogens is 342 g/mol. The minimum atomic E-state index is -0.545. The van der Waals surface area contributed by atoms with E-state index < -0.39 is 11.6 Å². The summed E-state index contributed by atoms with van der Waals surface area (Å²) >= 11 is 0. The molecule has 146 valence electrons. The van der Waals surface area contributed by atoms with Crippen LogP contribution in [0.2, 0.25) is 0 Å². The molecule has 0 radical (unpaired) electrons. The van der Waals surface area contributed by atoms with Gasteiger partial charge in [0.1, 0.15) is 11.6 Å². The molecule has 0 atom stereocenters. The van der Waals surface area contributed by atoms with Gasteiger partial charge in [0, 0.05) is 12.2 Å². The Hall–Kier alpha value is -1.74. The number of halogens is 2. The molecule has 2 aromatic carbocycles. The van der Waals surface area contributed by atoms with E-state index in [0.717, 1.165) is 11.5 Å². The summed E-state index contributed by atoms with van der Waals surface area (Å²) in [6.07, 6.45) is 7.76. The quantitative estimate of drug-likeness (QED) is 0.497. The molecule has 2 aromatic rings. The third kappa shape index (κ3) is 4.95. The zero-order chi connectivity index (χ0) is 19.2. The molecule has 0 bridgehead atoms. The molecule has 0 heterocycles. The van der Waals surface area contributed by atoms with Crippen molar-refractivity contribution in [2.24, 2.45) is 5.92 Å². The average Bonchev–Trinajstić information content (AvgIpc) is 2.68. The van der Waals surface area contributed by atoms with E-state index >= 15 is 0 Å². The fourth-order valence-corrected chi connectivity index (χ4v) is 4.25. The van der Waals surface area contributed by atoms with Gasteiger partial charge in [0.2, 0.25) is 0 Å². The lowest BCUT2D eigenvalue weighted by Gasteiger charge is -2.28. The standard InChI is InChI=1S/C24H30F2O/c1-3-5-17-6-8-18(9-7-17)19-10-12-20(13-11-19)21-14-23(25)22(16-27-4-2)24(26)15-21/h10-15,17-18H,3-9,16H2,1-2H3. The van der Waals surface area contributed by atoms with Crippen LogP contribution in [0.5, 0.6) is 0 Å². The topological polar surface area (TPSA) is 9.23 Å². The number of rotatable bonds is 7. The fourth-order valence-electron chi connectivity index (χ4n) is 4.25. The summed E-state index contributed by atoms with van der Waals surface area (Å²) in [5.41, 5.74) is 2.77. The summed E-state index contributed by atoms with van der Waals surface area (Å²) in [5.74, 6) is 0.425. The van der Waals surface area contributed by atoms with Crippen LogP contribution in [-0.4, -0.2) is 6.61 Å². The first-order valence-electron chi connectivity index (χ1n) is 10.3. The zero-order valence-corrected chi connectivity index (χ0v) is 16.4. The molecule has 0 aliphatic heterocycles. The molecule has 1 saturated carbocycles. The van der Waals surface area contributed by atoms with Gasteiger partial charge >= 0.3 is 0 Å². The van der Waals surface area contributed by atoms with Crippen molar-refractivity contribution in [3.05, 3.63) is 59.2 Å². The minimum Gasteiger partial charge on any atom is -0.377 e. The highest BCUT2D eigenvalue weighted by molar-refractivity contribution is 5.64. The van der Waals surface area contributed by atoms with E-state index in [1.54, 1.807) is 0 Å². The maximum absolute atomic E-state index is 14.3. The molecule has 27 heavy (non-hydrogen) atoms. The van der Waals surface area contributed by atoms with E-state index in [0.29, 0.717) is 18.1 Å². The van der Waals surface area contributed by atoms with Crippen LogP contribution in [-0.2, 0) is 11.3 Å². The van der Waals surface area contributed by atoms with Crippen LogP contribution in [0.15, 0.2) is 36.4 Å². The predicted octanol–water partition coefficient (Wildman–Crippen LogP) is 7.24. The van der Waals surface area contributed by atoms with Crippen LogP contribution < -0.4 is 0 Å². The third-order valence-electron chi connectivity index (χ3n) is 5.85. The van der Waals surface area contributed by atoms with Gasteiger partial charge in [-0.2, -0.15) is 0 Å². The van der Waals surface area contributed by atoms with Crippen LogP contribution in [0.1, 0.15) is 69.4 Å². The van der Waals surface area contributed by atoms with Crippen molar-refractivity contribution in [1.82, 2.24) is 0 Å². The molecule has 3 heteroatoms. The van der Waals surface area contributed by atoms with E-state index in [9.17, 15) is 8.78 Å². The van der Waals surface area contributed by atoms with E-state index in [2.05, 4.69) is 19.1 Å². The molecule has 1 aliphatic rings. The first kappa shape index (κ1) is 20.0. The number of hydrogen-bond donors (Lipinski definition) is 0. The largest absolute Gasteiger partial charge is 0.377 e. The Kier molecular flexibility index (Phi) is 7.01. The number of hydrogen-bond acceptors (Lipinski definition) is 1. The number of ether oxygens (including phenoxy) is 1. The second kappa shape index (κ2) is 9.45. The van der Waals surface area contributed by atoms with Crippen molar-refractivity contribution in [1.29, 1.82) is 0 Å². The highest BCUT2D eigenvalue weighted by Crippen LogP contribution is 2.38. The van der Waals surface area contributed by atoms with Crippen molar-refractivity contribution >= 4 is 0 Å². The Balaban J connectivity index is 1.70. The molecule has 1 aliphatic carbocycles. The molecule has 0 N–H and O–H groups in total. The lowest BCUT2D eigenvalue weighted by Crippen LogP contribution is -2.13. The van der Waals surface area contributed by atoms with Crippen molar-refractivity contribution in [2.45, 2.75) is 64.9 Å². The lowest BCUT2D eigenvalue weighted by molar-refractivity contribution is 0.128. The Morgan fingerprint density at radius 3 is 2.07 bits per heavy atom. The van der Waals surface area contributed by atoms with Gasteiger partial charge < -0.3 is 4.74 Å². The second-order valence-electron chi connectivity index (χ2n) is 7.68. The molecule has 0 aromatic heterocycles. The van der Waals surface area contributed by atoms with Gasteiger partial charge in [-0.25, -0.2) is 8.78 Å². The molecule has 1 nitrogen and oxygen atoms in total. The Morgan fingerprint density at radius 1 is 0.889 bits per heavy atom. The maximum atomic E-state index is 14.3. The highest BCUT2D eigenvalue weighted by atomic mass is 19.1. The summed E-state index contributed by atoms with van der Waals surface area (Å²) in [5, 5.41) is 0. The first-order chi connectivity index (χ1) is 13.1. The summed E-state index contributed by atoms with van der Waals surface area (Å²) in [6, 6.07) is 11.0. The van der Waals surface area contributed by atoms with Gasteiger partial charge in [0.15, 0.2) is 0 Å². The zero-order valence-electron chi connectivity index (χ0n) is 16.4. The maximum Gasteiger partial charge on any atom is 0.132 e. The van der Waals surface area contributed by atoms with Crippen LogP contribution >= 0.6 is 0 Å². The Labute approximate surface area is 161 Å².